The molecule has 0 aliphatic carbocycles. The van der Waals surface area contributed by atoms with Crippen LogP contribution in [0.3, 0.4) is 0 Å². The van der Waals surface area contributed by atoms with E-state index in [0.717, 1.165) is 21.4 Å². The number of pyridine rings is 1. The average molecular weight is 282 g/mol. The van der Waals surface area contributed by atoms with E-state index in [2.05, 4.69) is 4.98 Å². The van der Waals surface area contributed by atoms with E-state index < -0.39 is 0 Å². The summed E-state index contributed by atoms with van der Waals surface area (Å²) in [6.07, 6.45) is 1.75. The van der Waals surface area contributed by atoms with Crippen LogP contribution in [0, 0.1) is 0 Å². The van der Waals surface area contributed by atoms with Gasteiger partial charge in [-0.15, -0.1) is 11.3 Å². The predicted molar refractivity (Wildman–Crippen MR) is 80.9 cm³/mol. The van der Waals surface area contributed by atoms with E-state index in [1.807, 2.05) is 36.4 Å². The maximum absolute atomic E-state index is 12.5. The van der Waals surface area contributed by atoms with Crippen LogP contribution in [0.15, 0.2) is 47.4 Å². The van der Waals surface area contributed by atoms with Crippen LogP contribution in [0.4, 0.5) is 0 Å². The first-order valence-corrected chi connectivity index (χ1v) is 6.97. The minimum atomic E-state index is -0.0224. The first kappa shape index (κ1) is 11.4. The molecule has 1 aromatic carbocycles. The SMILES string of the molecule is COc1ccc2c(c1)sc1c(=O)n3ccccc3nc12. The van der Waals surface area contributed by atoms with Crippen LogP contribution in [0.5, 0.6) is 5.75 Å². The molecule has 0 amide bonds. The molecule has 0 aliphatic heterocycles. The van der Waals surface area contributed by atoms with E-state index in [1.165, 1.54) is 11.3 Å². The van der Waals surface area contributed by atoms with E-state index in [1.54, 1.807) is 17.7 Å². The Labute approximate surface area is 117 Å². The number of hydrogen-bond acceptors (Lipinski definition) is 4. The third-order valence-corrected chi connectivity index (χ3v) is 4.48. The van der Waals surface area contributed by atoms with Gasteiger partial charge in [0, 0.05) is 16.3 Å². The van der Waals surface area contributed by atoms with Gasteiger partial charge in [-0.05, 0) is 30.3 Å². The van der Waals surface area contributed by atoms with Crippen molar-refractivity contribution in [2.24, 2.45) is 0 Å². The Kier molecular flexibility index (Phi) is 2.31. The van der Waals surface area contributed by atoms with Crippen molar-refractivity contribution < 1.29 is 4.74 Å². The number of fused-ring (bicyclic) bond motifs is 4. The van der Waals surface area contributed by atoms with Crippen LogP contribution in [-0.2, 0) is 0 Å². The van der Waals surface area contributed by atoms with Gasteiger partial charge in [0.15, 0.2) is 0 Å². The van der Waals surface area contributed by atoms with E-state index in [4.69, 9.17) is 4.74 Å². The van der Waals surface area contributed by atoms with Crippen molar-refractivity contribution in [3.05, 3.63) is 52.9 Å². The number of rotatable bonds is 1. The highest BCUT2D eigenvalue weighted by molar-refractivity contribution is 7.25. The molecule has 5 heteroatoms. The summed E-state index contributed by atoms with van der Waals surface area (Å²) in [5, 5.41) is 0.995. The zero-order valence-electron chi connectivity index (χ0n) is 10.7. The Hall–Kier alpha value is -2.40. The van der Waals surface area contributed by atoms with E-state index >= 15 is 0 Å². The highest BCUT2D eigenvalue weighted by Crippen LogP contribution is 2.33. The van der Waals surface area contributed by atoms with E-state index in [0.29, 0.717) is 10.3 Å². The number of hydrogen-bond donors (Lipinski definition) is 0. The van der Waals surface area contributed by atoms with Crippen LogP contribution in [0.25, 0.3) is 25.9 Å². The van der Waals surface area contributed by atoms with Gasteiger partial charge in [-0.25, -0.2) is 4.98 Å². The van der Waals surface area contributed by atoms with Crippen LogP contribution < -0.4 is 10.3 Å². The molecule has 98 valence electrons. The number of methoxy groups -OCH3 is 1. The second-order valence-electron chi connectivity index (χ2n) is 4.49. The first-order valence-electron chi connectivity index (χ1n) is 6.15. The standard InChI is InChI=1S/C15H10N2O2S/c1-19-9-5-6-10-11(8-9)20-14-13(10)16-12-4-2-3-7-17(12)15(14)18/h2-8H,1H3. The quantitative estimate of drug-likeness (QED) is 0.539. The van der Waals surface area contributed by atoms with Gasteiger partial charge in [0.25, 0.3) is 5.56 Å². The topological polar surface area (TPSA) is 43.6 Å². The molecule has 0 fully saturated rings. The summed E-state index contributed by atoms with van der Waals surface area (Å²) in [6, 6.07) is 11.3. The lowest BCUT2D eigenvalue weighted by Crippen LogP contribution is -2.13. The molecule has 0 spiro atoms. The molecular weight excluding hydrogens is 272 g/mol. The summed E-state index contributed by atoms with van der Waals surface area (Å²) in [5.41, 5.74) is 1.41. The maximum Gasteiger partial charge on any atom is 0.275 e. The Morgan fingerprint density at radius 1 is 1.25 bits per heavy atom. The van der Waals surface area contributed by atoms with Gasteiger partial charge in [0.1, 0.15) is 16.1 Å². The lowest BCUT2D eigenvalue weighted by molar-refractivity contribution is 0.415. The molecule has 0 aliphatic rings. The predicted octanol–water partition coefficient (Wildman–Crippen LogP) is 3.07. The molecule has 4 rings (SSSR count). The van der Waals surface area contributed by atoms with Gasteiger partial charge in [0.2, 0.25) is 0 Å². The molecule has 3 heterocycles. The molecular formula is C15H10N2O2S. The van der Waals surface area contributed by atoms with Gasteiger partial charge in [-0.1, -0.05) is 6.07 Å². The van der Waals surface area contributed by atoms with E-state index in [-0.39, 0.29) is 5.56 Å². The van der Waals surface area contributed by atoms with Crippen molar-refractivity contribution in [2.45, 2.75) is 0 Å². The lowest BCUT2D eigenvalue weighted by atomic mass is 10.2. The van der Waals surface area contributed by atoms with Crippen LogP contribution in [0.2, 0.25) is 0 Å². The zero-order valence-corrected chi connectivity index (χ0v) is 11.5. The van der Waals surface area contributed by atoms with E-state index in [9.17, 15) is 4.79 Å². The van der Waals surface area contributed by atoms with Gasteiger partial charge in [-0.3, -0.25) is 9.20 Å². The number of ether oxygens (including phenoxy) is 1. The number of aromatic nitrogens is 2. The van der Waals surface area contributed by atoms with Crippen molar-refractivity contribution in [2.75, 3.05) is 7.11 Å². The molecule has 0 radical (unpaired) electrons. The minimum absolute atomic E-state index is 0.0224. The van der Waals surface area contributed by atoms with Crippen molar-refractivity contribution in [1.82, 2.24) is 9.38 Å². The third-order valence-electron chi connectivity index (χ3n) is 3.35. The summed E-state index contributed by atoms with van der Waals surface area (Å²) in [7, 11) is 1.63. The summed E-state index contributed by atoms with van der Waals surface area (Å²) in [5.74, 6) is 0.786. The molecule has 0 N–H and O–H groups in total. The highest BCUT2D eigenvalue weighted by Gasteiger charge is 2.12. The fraction of sp³-hybridized carbons (Fsp3) is 0.0667. The molecule has 0 unspecified atom stereocenters. The zero-order chi connectivity index (χ0) is 13.7. The smallest absolute Gasteiger partial charge is 0.275 e. The third kappa shape index (κ3) is 1.47. The van der Waals surface area contributed by atoms with Crippen LogP contribution in [0.1, 0.15) is 0 Å². The fourth-order valence-corrected chi connectivity index (χ4v) is 3.47. The lowest BCUT2D eigenvalue weighted by Gasteiger charge is -1.99. The Balaban J connectivity index is 2.24. The Morgan fingerprint density at radius 3 is 3.00 bits per heavy atom. The summed E-state index contributed by atoms with van der Waals surface area (Å²) >= 11 is 1.46. The van der Waals surface area contributed by atoms with Gasteiger partial charge in [0.05, 0.1) is 12.6 Å². The molecule has 4 nitrogen and oxygen atoms in total. The monoisotopic (exact) mass is 282 g/mol. The molecule has 0 bridgehead atoms. The molecule has 20 heavy (non-hydrogen) atoms. The molecule has 4 aromatic rings. The van der Waals surface area contributed by atoms with Crippen molar-refractivity contribution in [3.63, 3.8) is 0 Å². The molecule has 0 saturated carbocycles. The normalized spacial score (nSPS) is 11.4. The molecule has 3 aromatic heterocycles. The van der Waals surface area contributed by atoms with Crippen LogP contribution >= 0.6 is 11.3 Å². The average Bonchev–Trinajstić information content (AvgIpc) is 2.85. The first-order chi connectivity index (χ1) is 9.78. The second kappa shape index (κ2) is 4.05. The van der Waals surface area contributed by atoms with Crippen molar-refractivity contribution >= 4 is 37.3 Å². The largest absolute Gasteiger partial charge is 0.497 e. The second-order valence-corrected chi connectivity index (χ2v) is 5.54. The summed E-state index contributed by atoms with van der Waals surface area (Å²) < 4.78 is 8.50. The van der Waals surface area contributed by atoms with Crippen molar-refractivity contribution in [3.8, 4) is 5.75 Å². The van der Waals surface area contributed by atoms with Gasteiger partial charge < -0.3 is 4.74 Å². The maximum atomic E-state index is 12.5. The van der Waals surface area contributed by atoms with Crippen molar-refractivity contribution in [1.29, 1.82) is 0 Å². The van der Waals surface area contributed by atoms with Gasteiger partial charge in [-0.2, -0.15) is 0 Å². The summed E-state index contributed by atoms with van der Waals surface area (Å²) in [4.78, 5) is 17.1. The number of thiophene rings is 1. The molecule has 0 atom stereocenters. The number of nitrogens with zero attached hydrogens (tertiary/aromatic N) is 2. The summed E-state index contributed by atoms with van der Waals surface area (Å²) in [6.45, 7) is 0. The Morgan fingerprint density at radius 2 is 2.15 bits per heavy atom. The van der Waals surface area contributed by atoms with Crippen LogP contribution in [-0.4, -0.2) is 16.5 Å². The molecule has 0 saturated heterocycles. The highest BCUT2D eigenvalue weighted by atomic mass is 32.1. The van der Waals surface area contributed by atoms with Gasteiger partial charge >= 0.3 is 0 Å². The fourth-order valence-electron chi connectivity index (χ4n) is 2.37. The number of benzene rings is 1. The Bertz CT molecular complexity index is 1020. The minimum Gasteiger partial charge on any atom is -0.497 e.